The SMILES string of the molecule is CN(C1CC1)S(=O)(=O)c1scc(Nc2nsnc2Nc2ccccc2Br)c1O. The lowest BCUT2D eigenvalue weighted by molar-refractivity contribution is 0.445. The van der Waals surface area contributed by atoms with Gasteiger partial charge in [0.15, 0.2) is 21.6 Å². The monoisotopic (exact) mass is 501 g/mol. The normalized spacial score (nSPS) is 14.4. The van der Waals surface area contributed by atoms with Gasteiger partial charge in [-0.1, -0.05) is 12.1 Å². The molecule has 0 amide bonds. The van der Waals surface area contributed by atoms with Crippen molar-refractivity contribution in [1.29, 1.82) is 0 Å². The smallest absolute Gasteiger partial charge is 0.256 e. The number of thiophene rings is 1. The molecule has 1 aliphatic rings. The van der Waals surface area contributed by atoms with Crippen molar-refractivity contribution in [2.45, 2.75) is 23.1 Å². The molecule has 2 aromatic heterocycles. The minimum Gasteiger partial charge on any atom is -0.504 e. The second-order valence-corrected chi connectivity index (χ2v) is 10.7. The van der Waals surface area contributed by atoms with E-state index in [1.165, 1.54) is 4.31 Å². The van der Waals surface area contributed by atoms with E-state index in [2.05, 4.69) is 35.3 Å². The van der Waals surface area contributed by atoms with Crippen molar-refractivity contribution < 1.29 is 13.5 Å². The third kappa shape index (κ3) is 3.74. The second kappa shape index (κ2) is 7.59. The van der Waals surface area contributed by atoms with E-state index in [9.17, 15) is 13.5 Å². The molecule has 28 heavy (non-hydrogen) atoms. The van der Waals surface area contributed by atoms with Crippen molar-refractivity contribution in [1.82, 2.24) is 13.1 Å². The van der Waals surface area contributed by atoms with Crippen LogP contribution in [0.1, 0.15) is 12.8 Å². The maximum absolute atomic E-state index is 12.7. The summed E-state index contributed by atoms with van der Waals surface area (Å²) in [5, 5.41) is 18.2. The van der Waals surface area contributed by atoms with Crippen LogP contribution in [0.15, 0.2) is 38.3 Å². The van der Waals surface area contributed by atoms with Crippen molar-refractivity contribution >= 4 is 72.0 Å². The number of para-hydroxylation sites is 1. The molecule has 1 aliphatic carbocycles. The summed E-state index contributed by atoms with van der Waals surface area (Å²) in [4.78, 5) is 0. The topological polar surface area (TPSA) is 107 Å². The van der Waals surface area contributed by atoms with Gasteiger partial charge < -0.3 is 15.7 Å². The molecule has 0 atom stereocenters. The van der Waals surface area contributed by atoms with Crippen molar-refractivity contribution in [3.05, 3.63) is 34.1 Å². The summed E-state index contributed by atoms with van der Waals surface area (Å²) in [5.41, 5.74) is 1.08. The van der Waals surface area contributed by atoms with Crippen LogP contribution in [-0.2, 0) is 10.0 Å². The van der Waals surface area contributed by atoms with Crippen molar-refractivity contribution in [3.8, 4) is 5.75 Å². The highest BCUT2D eigenvalue weighted by atomic mass is 79.9. The predicted octanol–water partition coefficient (Wildman–Crippen LogP) is 4.34. The van der Waals surface area contributed by atoms with Gasteiger partial charge in [-0.25, -0.2) is 8.42 Å². The molecule has 2 heterocycles. The van der Waals surface area contributed by atoms with Gasteiger partial charge in [-0.05, 0) is 40.9 Å². The van der Waals surface area contributed by atoms with Gasteiger partial charge in [0.25, 0.3) is 10.0 Å². The number of nitrogens with one attached hydrogen (secondary N) is 2. The summed E-state index contributed by atoms with van der Waals surface area (Å²) in [6.07, 6.45) is 1.70. The fourth-order valence-electron chi connectivity index (χ4n) is 2.54. The zero-order valence-corrected chi connectivity index (χ0v) is 18.6. The largest absolute Gasteiger partial charge is 0.504 e. The van der Waals surface area contributed by atoms with E-state index in [0.717, 1.165) is 46.1 Å². The molecule has 3 N–H and O–H groups in total. The quantitative estimate of drug-likeness (QED) is 0.441. The lowest BCUT2D eigenvalue weighted by Crippen LogP contribution is -2.28. The molecule has 0 radical (unpaired) electrons. The van der Waals surface area contributed by atoms with Crippen LogP contribution in [0.4, 0.5) is 23.0 Å². The van der Waals surface area contributed by atoms with E-state index in [4.69, 9.17) is 0 Å². The Bertz CT molecular complexity index is 1110. The molecule has 0 aliphatic heterocycles. The first-order chi connectivity index (χ1) is 13.4. The van der Waals surface area contributed by atoms with Crippen molar-refractivity contribution in [2.24, 2.45) is 0 Å². The predicted molar refractivity (Wildman–Crippen MR) is 115 cm³/mol. The van der Waals surface area contributed by atoms with Gasteiger partial charge in [0, 0.05) is 22.9 Å². The maximum atomic E-state index is 12.7. The summed E-state index contributed by atoms with van der Waals surface area (Å²) in [5.74, 6) is 0.563. The summed E-state index contributed by atoms with van der Waals surface area (Å²) >= 11 is 5.44. The Hall–Kier alpha value is -1.73. The van der Waals surface area contributed by atoms with Crippen molar-refractivity contribution in [3.63, 3.8) is 0 Å². The first kappa shape index (κ1) is 19.6. The van der Waals surface area contributed by atoms with Crippen molar-refractivity contribution in [2.75, 3.05) is 17.7 Å². The van der Waals surface area contributed by atoms with Crippen LogP contribution < -0.4 is 10.6 Å². The van der Waals surface area contributed by atoms with Gasteiger partial charge in [0.05, 0.1) is 23.1 Å². The van der Waals surface area contributed by atoms with Crippen LogP contribution in [-0.4, -0.2) is 39.7 Å². The number of hydrogen-bond donors (Lipinski definition) is 3. The Kier molecular flexibility index (Phi) is 5.31. The number of nitrogens with zero attached hydrogens (tertiary/aromatic N) is 3. The maximum Gasteiger partial charge on any atom is 0.256 e. The molecule has 8 nitrogen and oxygen atoms in total. The van der Waals surface area contributed by atoms with Crippen LogP contribution in [0.3, 0.4) is 0 Å². The van der Waals surface area contributed by atoms with E-state index >= 15 is 0 Å². The molecule has 1 aromatic carbocycles. The zero-order valence-electron chi connectivity index (χ0n) is 14.6. The number of halogens is 1. The Morgan fingerprint density at radius 3 is 2.46 bits per heavy atom. The molecule has 0 saturated heterocycles. The minimum atomic E-state index is -3.72. The van der Waals surface area contributed by atoms with E-state index in [1.54, 1.807) is 12.4 Å². The number of aromatic hydroxyl groups is 1. The highest BCUT2D eigenvalue weighted by molar-refractivity contribution is 9.10. The average Bonchev–Trinajstić information content (AvgIpc) is 3.32. The Balaban J connectivity index is 1.57. The van der Waals surface area contributed by atoms with Crippen LogP contribution >= 0.6 is 39.0 Å². The molecule has 148 valence electrons. The summed E-state index contributed by atoms with van der Waals surface area (Å²) < 4.78 is 35.9. The Labute approximate surface area is 178 Å². The molecule has 0 spiro atoms. The summed E-state index contributed by atoms with van der Waals surface area (Å²) in [6, 6.07) is 7.59. The van der Waals surface area contributed by atoms with E-state index < -0.39 is 10.0 Å². The second-order valence-electron chi connectivity index (χ2n) is 6.23. The molecule has 3 aromatic rings. The molecule has 0 bridgehead atoms. The van der Waals surface area contributed by atoms with Gasteiger partial charge >= 0.3 is 0 Å². The fourth-order valence-corrected chi connectivity index (χ4v) is 6.21. The molecule has 0 unspecified atom stereocenters. The molecule has 1 saturated carbocycles. The standard InChI is InChI=1S/C16H16BrN5O3S3/c1-22(9-6-7-9)28(24,25)16-13(23)12(8-26-16)19-15-14(20-27-21-15)18-11-5-3-2-4-10(11)17/h2-5,8-9,23H,6-7H2,1H3,(H,18,20)(H,19,21). The first-order valence-electron chi connectivity index (χ1n) is 8.27. The molecule has 1 fully saturated rings. The molecule has 4 rings (SSSR count). The molecule has 12 heteroatoms. The first-order valence-corrected chi connectivity index (χ1v) is 12.1. The lowest BCUT2D eigenvalue weighted by Gasteiger charge is -2.15. The number of hydrogen-bond acceptors (Lipinski definition) is 9. The third-order valence-electron chi connectivity index (χ3n) is 4.28. The van der Waals surface area contributed by atoms with E-state index in [-0.39, 0.29) is 21.7 Å². The summed E-state index contributed by atoms with van der Waals surface area (Å²) in [6.45, 7) is 0. The Morgan fingerprint density at radius 1 is 1.18 bits per heavy atom. The van der Waals surface area contributed by atoms with Crippen LogP contribution in [0.25, 0.3) is 0 Å². The molecular weight excluding hydrogens is 486 g/mol. The van der Waals surface area contributed by atoms with Crippen LogP contribution in [0.2, 0.25) is 0 Å². The number of anilines is 4. The number of rotatable bonds is 7. The van der Waals surface area contributed by atoms with Gasteiger partial charge in [-0.3, -0.25) is 0 Å². The van der Waals surface area contributed by atoms with Crippen LogP contribution in [0.5, 0.6) is 5.75 Å². The number of sulfonamides is 1. The van der Waals surface area contributed by atoms with Gasteiger partial charge in [0.1, 0.15) is 0 Å². The number of benzene rings is 1. The summed E-state index contributed by atoms with van der Waals surface area (Å²) in [7, 11) is -2.18. The third-order valence-corrected chi connectivity index (χ3v) is 8.90. The average molecular weight is 502 g/mol. The minimum absolute atomic E-state index is 0.0192. The lowest BCUT2D eigenvalue weighted by atomic mass is 10.3. The highest BCUT2D eigenvalue weighted by Crippen LogP contribution is 2.43. The van der Waals surface area contributed by atoms with E-state index in [1.807, 2.05) is 24.3 Å². The molecular formula is C16H16BrN5O3S3. The van der Waals surface area contributed by atoms with E-state index in [0.29, 0.717) is 11.6 Å². The van der Waals surface area contributed by atoms with Gasteiger partial charge in [0.2, 0.25) is 0 Å². The number of aromatic nitrogens is 2. The van der Waals surface area contributed by atoms with Gasteiger partial charge in [-0.2, -0.15) is 13.1 Å². The fraction of sp³-hybridized carbons (Fsp3) is 0.250. The Morgan fingerprint density at radius 2 is 1.82 bits per heavy atom. The van der Waals surface area contributed by atoms with Gasteiger partial charge in [-0.15, -0.1) is 11.3 Å². The zero-order chi connectivity index (χ0) is 19.9. The van der Waals surface area contributed by atoms with Crippen LogP contribution in [0, 0.1) is 0 Å². The highest BCUT2D eigenvalue weighted by Gasteiger charge is 2.37.